The summed E-state index contributed by atoms with van der Waals surface area (Å²) in [5.74, 6) is 2.67. The fourth-order valence-corrected chi connectivity index (χ4v) is 4.28. The Kier molecular flexibility index (Phi) is 6.54. The van der Waals surface area contributed by atoms with Gasteiger partial charge in [0.15, 0.2) is 11.5 Å². The lowest BCUT2D eigenvalue weighted by Gasteiger charge is -2.38. The number of carbonyl (C=O) groups excluding carboxylic acids is 1. The summed E-state index contributed by atoms with van der Waals surface area (Å²) in [5.41, 5.74) is 1.50. The van der Waals surface area contributed by atoms with Crippen molar-refractivity contribution in [2.75, 3.05) is 46.9 Å². The monoisotopic (exact) mass is 388 g/mol. The fraction of sp³-hybridized carbons (Fsp3) is 0.696. The number of hydrogen-bond donors (Lipinski definition) is 0. The van der Waals surface area contributed by atoms with Crippen LogP contribution in [0.2, 0.25) is 0 Å². The molecule has 1 saturated heterocycles. The number of piperazine rings is 1. The number of amides is 1. The highest BCUT2D eigenvalue weighted by Crippen LogP contribution is 2.46. The zero-order valence-corrected chi connectivity index (χ0v) is 18.2. The third-order valence-electron chi connectivity index (χ3n) is 5.84. The van der Waals surface area contributed by atoms with Gasteiger partial charge in [0.2, 0.25) is 5.91 Å². The molecule has 0 radical (unpaired) electrons. The van der Waals surface area contributed by atoms with Crippen molar-refractivity contribution in [1.82, 2.24) is 9.80 Å². The van der Waals surface area contributed by atoms with Crippen LogP contribution < -0.4 is 9.47 Å². The van der Waals surface area contributed by atoms with Gasteiger partial charge in [-0.3, -0.25) is 9.69 Å². The summed E-state index contributed by atoms with van der Waals surface area (Å²) in [4.78, 5) is 17.6. The van der Waals surface area contributed by atoms with E-state index in [9.17, 15) is 4.79 Å². The SMILES string of the molecule is COc1ccc(C(CC(=O)N2CCN(CC(C)(C)C)CC2)C2CC2)cc1OC. The van der Waals surface area contributed by atoms with Gasteiger partial charge in [-0.25, -0.2) is 0 Å². The molecule has 28 heavy (non-hydrogen) atoms. The normalized spacial score (nSPS) is 19.4. The van der Waals surface area contributed by atoms with E-state index in [0.29, 0.717) is 23.7 Å². The third-order valence-corrected chi connectivity index (χ3v) is 5.84. The van der Waals surface area contributed by atoms with Crippen LogP contribution in [0.15, 0.2) is 18.2 Å². The summed E-state index contributed by atoms with van der Waals surface area (Å²) in [6.07, 6.45) is 3.02. The molecule has 1 aromatic rings. The molecule has 1 heterocycles. The van der Waals surface area contributed by atoms with Gasteiger partial charge < -0.3 is 14.4 Å². The molecule has 1 aliphatic carbocycles. The molecule has 1 aliphatic heterocycles. The molecule has 1 amide bonds. The lowest BCUT2D eigenvalue weighted by molar-refractivity contribution is -0.133. The van der Waals surface area contributed by atoms with E-state index >= 15 is 0 Å². The van der Waals surface area contributed by atoms with E-state index in [4.69, 9.17) is 9.47 Å². The number of benzene rings is 1. The molecule has 1 saturated carbocycles. The standard InChI is InChI=1S/C23H36N2O3/c1-23(2,3)16-24-10-12-25(13-11-24)22(26)15-19(17-6-7-17)18-8-9-20(27-4)21(14-18)28-5/h8-9,14,17,19H,6-7,10-13,15-16H2,1-5H3. The maximum absolute atomic E-state index is 13.0. The zero-order valence-electron chi connectivity index (χ0n) is 18.2. The van der Waals surface area contributed by atoms with Gasteiger partial charge in [0.1, 0.15) is 0 Å². The van der Waals surface area contributed by atoms with E-state index in [2.05, 4.69) is 42.7 Å². The first kappa shape index (κ1) is 21.0. The Morgan fingerprint density at radius 3 is 2.25 bits per heavy atom. The Hall–Kier alpha value is -1.75. The summed E-state index contributed by atoms with van der Waals surface area (Å²) in [7, 11) is 3.31. The number of nitrogens with zero attached hydrogens (tertiary/aromatic N) is 2. The second-order valence-electron chi connectivity index (χ2n) is 9.48. The Morgan fingerprint density at radius 1 is 1.07 bits per heavy atom. The molecule has 5 heteroatoms. The van der Waals surface area contributed by atoms with Crippen molar-refractivity contribution in [3.8, 4) is 11.5 Å². The van der Waals surface area contributed by atoms with Crippen molar-refractivity contribution in [3.05, 3.63) is 23.8 Å². The first-order chi connectivity index (χ1) is 13.3. The van der Waals surface area contributed by atoms with E-state index in [1.165, 1.54) is 18.4 Å². The highest BCUT2D eigenvalue weighted by molar-refractivity contribution is 5.77. The van der Waals surface area contributed by atoms with Gasteiger partial charge in [-0.05, 0) is 47.8 Å². The van der Waals surface area contributed by atoms with E-state index in [0.717, 1.165) is 44.2 Å². The molecule has 2 fully saturated rings. The lowest BCUT2D eigenvalue weighted by Crippen LogP contribution is -2.50. The van der Waals surface area contributed by atoms with Crippen LogP contribution in [0.3, 0.4) is 0 Å². The first-order valence-electron chi connectivity index (χ1n) is 10.5. The average molecular weight is 389 g/mol. The van der Waals surface area contributed by atoms with Crippen molar-refractivity contribution in [2.45, 2.75) is 46.0 Å². The summed E-state index contributed by atoms with van der Waals surface area (Å²) >= 11 is 0. The molecule has 3 rings (SSSR count). The van der Waals surface area contributed by atoms with Gasteiger partial charge in [0.05, 0.1) is 14.2 Å². The minimum Gasteiger partial charge on any atom is -0.493 e. The molecule has 0 aromatic heterocycles. The maximum Gasteiger partial charge on any atom is 0.223 e. The van der Waals surface area contributed by atoms with Crippen molar-refractivity contribution >= 4 is 5.91 Å². The molecular weight excluding hydrogens is 352 g/mol. The van der Waals surface area contributed by atoms with Crippen LogP contribution in [0.4, 0.5) is 0 Å². The smallest absolute Gasteiger partial charge is 0.223 e. The molecule has 0 spiro atoms. The number of methoxy groups -OCH3 is 2. The molecule has 1 unspecified atom stereocenters. The molecule has 0 N–H and O–H groups in total. The topological polar surface area (TPSA) is 42.0 Å². The Morgan fingerprint density at radius 2 is 1.71 bits per heavy atom. The first-order valence-corrected chi connectivity index (χ1v) is 10.5. The molecule has 156 valence electrons. The van der Waals surface area contributed by atoms with Gasteiger partial charge in [-0.15, -0.1) is 0 Å². The predicted molar refractivity (Wildman–Crippen MR) is 112 cm³/mol. The lowest BCUT2D eigenvalue weighted by atomic mass is 9.90. The predicted octanol–water partition coefficient (Wildman–Crippen LogP) is 3.78. The molecule has 0 bridgehead atoms. The van der Waals surface area contributed by atoms with Crippen LogP contribution in [-0.2, 0) is 4.79 Å². The van der Waals surface area contributed by atoms with E-state index in [1.54, 1.807) is 14.2 Å². The van der Waals surface area contributed by atoms with Crippen LogP contribution in [0.5, 0.6) is 11.5 Å². The summed E-state index contributed by atoms with van der Waals surface area (Å²) in [6.45, 7) is 11.6. The number of ether oxygens (including phenoxy) is 2. The van der Waals surface area contributed by atoms with E-state index < -0.39 is 0 Å². The fourth-order valence-electron chi connectivity index (χ4n) is 4.28. The minimum atomic E-state index is 0.278. The summed E-state index contributed by atoms with van der Waals surface area (Å²) in [5, 5.41) is 0. The van der Waals surface area contributed by atoms with Gasteiger partial charge in [-0.2, -0.15) is 0 Å². The highest BCUT2D eigenvalue weighted by atomic mass is 16.5. The molecule has 1 aromatic carbocycles. The van der Waals surface area contributed by atoms with Crippen LogP contribution in [0.1, 0.15) is 51.5 Å². The van der Waals surface area contributed by atoms with Gasteiger partial charge >= 0.3 is 0 Å². The van der Waals surface area contributed by atoms with Crippen LogP contribution >= 0.6 is 0 Å². The van der Waals surface area contributed by atoms with E-state index in [1.807, 2.05) is 6.07 Å². The maximum atomic E-state index is 13.0. The largest absolute Gasteiger partial charge is 0.493 e. The number of rotatable bonds is 7. The van der Waals surface area contributed by atoms with Gasteiger partial charge in [0, 0.05) is 39.1 Å². The van der Waals surface area contributed by atoms with Crippen molar-refractivity contribution in [3.63, 3.8) is 0 Å². The third kappa shape index (κ3) is 5.40. The average Bonchev–Trinajstić information content (AvgIpc) is 3.49. The van der Waals surface area contributed by atoms with Crippen LogP contribution in [0, 0.1) is 11.3 Å². The number of hydrogen-bond acceptors (Lipinski definition) is 4. The van der Waals surface area contributed by atoms with E-state index in [-0.39, 0.29) is 5.92 Å². The zero-order chi connectivity index (χ0) is 20.3. The molecule has 1 atom stereocenters. The Balaban J connectivity index is 1.62. The van der Waals surface area contributed by atoms with Crippen molar-refractivity contribution in [2.24, 2.45) is 11.3 Å². The minimum absolute atomic E-state index is 0.278. The molecule has 2 aliphatic rings. The van der Waals surface area contributed by atoms with Crippen molar-refractivity contribution < 1.29 is 14.3 Å². The summed E-state index contributed by atoms with van der Waals surface area (Å²) in [6, 6.07) is 6.11. The summed E-state index contributed by atoms with van der Waals surface area (Å²) < 4.78 is 10.8. The van der Waals surface area contributed by atoms with Crippen molar-refractivity contribution in [1.29, 1.82) is 0 Å². The second kappa shape index (κ2) is 8.73. The van der Waals surface area contributed by atoms with Crippen LogP contribution in [-0.4, -0.2) is 62.7 Å². The molecule has 5 nitrogen and oxygen atoms in total. The van der Waals surface area contributed by atoms with Gasteiger partial charge in [0.25, 0.3) is 0 Å². The Labute approximate surface area is 170 Å². The van der Waals surface area contributed by atoms with Crippen LogP contribution in [0.25, 0.3) is 0 Å². The number of carbonyl (C=O) groups is 1. The van der Waals surface area contributed by atoms with Gasteiger partial charge in [-0.1, -0.05) is 26.8 Å². The quantitative estimate of drug-likeness (QED) is 0.713. The Bertz CT molecular complexity index is 671. The molecular formula is C23H36N2O3. The highest BCUT2D eigenvalue weighted by Gasteiger charge is 2.35. The second-order valence-corrected chi connectivity index (χ2v) is 9.48.